The topological polar surface area (TPSA) is 57.8 Å². The molecule has 0 bridgehead atoms. The molecule has 86 valence electrons. The van der Waals surface area contributed by atoms with Gasteiger partial charge in [0.05, 0.1) is 18.4 Å². The van der Waals surface area contributed by atoms with Gasteiger partial charge in [0.1, 0.15) is 0 Å². The molecule has 16 heavy (non-hydrogen) atoms. The highest BCUT2D eigenvalue weighted by molar-refractivity contribution is 5.90. The summed E-state index contributed by atoms with van der Waals surface area (Å²) in [5.41, 5.74) is 2.00. The van der Waals surface area contributed by atoms with Crippen LogP contribution in [-0.2, 0) is 11.3 Å². The summed E-state index contributed by atoms with van der Waals surface area (Å²) >= 11 is 0. The molecule has 0 aliphatic heterocycles. The Morgan fingerprint density at radius 3 is 3.00 bits per heavy atom. The van der Waals surface area contributed by atoms with Gasteiger partial charge in [0.15, 0.2) is 5.83 Å². The third-order valence-corrected chi connectivity index (χ3v) is 2.97. The number of rotatable bonds is 4. The molecule has 1 amide bonds. The van der Waals surface area contributed by atoms with E-state index in [2.05, 4.69) is 22.1 Å². The third kappa shape index (κ3) is 2.13. The molecule has 1 heterocycles. The first-order valence-corrected chi connectivity index (χ1v) is 5.33. The lowest BCUT2D eigenvalue weighted by molar-refractivity contribution is -0.119. The SMILES string of the molecule is C=C(F)C(=O)NCc1[nH]ncc1C1CCC1. The molecule has 0 radical (unpaired) electrons. The molecule has 1 aromatic heterocycles. The zero-order valence-corrected chi connectivity index (χ0v) is 8.92. The summed E-state index contributed by atoms with van der Waals surface area (Å²) in [5.74, 6) is -1.20. The van der Waals surface area contributed by atoms with Gasteiger partial charge in [0.25, 0.3) is 5.91 Å². The van der Waals surface area contributed by atoms with E-state index in [-0.39, 0.29) is 6.54 Å². The number of H-pyrrole nitrogens is 1. The van der Waals surface area contributed by atoms with E-state index in [1.165, 1.54) is 6.42 Å². The van der Waals surface area contributed by atoms with Crippen molar-refractivity contribution in [2.75, 3.05) is 0 Å². The third-order valence-electron chi connectivity index (χ3n) is 2.97. The molecule has 4 nitrogen and oxygen atoms in total. The molecule has 0 saturated heterocycles. The maximum absolute atomic E-state index is 12.4. The Balaban J connectivity index is 1.96. The average Bonchev–Trinajstić information content (AvgIpc) is 2.59. The molecule has 2 N–H and O–H groups in total. The number of aromatic nitrogens is 2. The predicted octanol–water partition coefficient (Wildman–Crippen LogP) is 1.78. The molecule has 1 saturated carbocycles. The summed E-state index contributed by atoms with van der Waals surface area (Å²) in [5, 5.41) is 9.23. The number of amides is 1. The van der Waals surface area contributed by atoms with Crippen molar-refractivity contribution in [3.63, 3.8) is 0 Å². The van der Waals surface area contributed by atoms with Gasteiger partial charge < -0.3 is 5.32 Å². The van der Waals surface area contributed by atoms with Crippen LogP contribution in [0.3, 0.4) is 0 Å². The number of carbonyl (C=O) groups excluding carboxylic acids is 1. The molecule has 2 rings (SSSR count). The molecule has 0 atom stereocenters. The minimum Gasteiger partial charge on any atom is -0.344 e. The van der Waals surface area contributed by atoms with Crippen LogP contribution in [0.4, 0.5) is 4.39 Å². The summed E-state index contributed by atoms with van der Waals surface area (Å²) in [6, 6.07) is 0. The summed E-state index contributed by atoms with van der Waals surface area (Å²) in [6.07, 6.45) is 5.35. The molecule has 5 heteroatoms. The maximum atomic E-state index is 12.4. The summed E-state index contributed by atoms with van der Waals surface area (Å²) in [6.45, 7) is 3.21. The van der Waals surface area contributed by atoms with Crippen molar-refractivity contribution in [1.82, 2.24) is 15.5 Å². The predicted molar refractivity (Wildman–Crippen MR) is 57.3 cm³/mol. The monoisotopic (exact) mass is 223 g/mol. The fraction of sp³-hybridized carbons (Fsp3) is 0.455. The number of halogens is 1. The Morgan fingerprint density at radius 1 is 1.69 bits per heavy atom. The van der Waals surface area contributed by atoms with Gasteiger partial charge >= 0.3 is 0 Å². The van der Waals surface area contributed by atoms with Crippen LogP contribution in [0, 0.1) is 0 Å². The highest BCUT2D eigenvalue weighted by Gasteiger charge is 2.23. The van der Waals surface area contributed by atoms with Crippen molar-refractivity contribution in [3.05, 3.63) is 29.9 Å². The number of hydrogen-bond donors (Lipinski definition) is 2. The fourth-order valence-electron chi connectivity index (χ4n) is 1.80. The highest BCUT2D eigenvalue weighted by atomic mass is 19.1. The molecule has 1 aliphatic rings. The lowest BCUT2D eigenvalue weighted by atomic mass is 9.80. The summed E-state index contributed by atoms with van der Waals surface area (Å²) in [7, 11) is 0. The van der Waals surface area contributed by atoms with E-state index in [0.717, 1.165) is 24.1 Å². The largest absolute Gasteiger partial charge is 0.344 e. The second kappa shape index (κ2) is 4.47. The van der Waals surface area contributed by atoms with Gasteiger partial charge in [-0.05, 0) is 24.3 Å². The van der Waals surface area contributed by atoms with Crippen molar-refractivity contribution in [2.24, 2.45) is 0 Å². The minimum atomic E-state index is -0.968. The van der Waals surface area contributed by atoms with E-state index in [1.54, 1.807) is 6.20 Å². The van der Waals surface area contributed by atoms with Crippen molar-refractivity contribution in [2.45, 2.75) is 31.7 Å². The van der Waals surface area contributed by atoms with Crippen molar-refractivity contribution in [3.8, 4) is 0 Å². The Kier molecular flexibility index (Phi) is 3.03. The Morgan fingerprint density at radius 2 is 2.44 bits per heavy atom. The van der Waals surface area contributed by atoms with Crippen LogP contribution in [0.15, 0.2) is 18.6 Å². The Labute approximate surface area is 92.9 Å². The minimum absolute atomic E-state index is 0.271. The number of nitrogens with zero attached hydrogens (tertiary/aromatic N) is 1. The van der Waals surface area contributed by atoms with Crippen LogP contribution in [0.1, 0.15) is 36.4 Å². The van der Waals surface area contributed by atoms with Gasteiger partial charge in [0.2, 0.25) is 0 Å². The van der Waals surface area contributed by atoms with Crippen LogP contribution in [0.5, 0.6) is 0 Å². The van der Waals surface area contributed by atoms with E-state index in [4.69, 9.17) is 0 Å². The average molecular weight is 223 g/mol. The van der Waals surface area contributed by atoms with Crippen molar-refractivity contribution in [1.29, 1.82) is 0 Å². The second-order valence-electron chi connectivity index (χ2n) is 4.02. The molecular weight excluding hydrogens is 209 g/mol. The smallest absolute Gasteiger partial charge is 0.279 e. The fourth-order valence-corrected chi connectivity index (χ4v) is 1.80. The molecule has 0 aromatic carbocycles. The molecule has 1 aliphatic carbocycles. The number of carbonyl (C=O) groups is 1. The van der Waals surface area contributed by atoms with E-state index in [9.17, 15) is 9.18 Å². The van der Waals surface area contributed by atoms with Gasteiger partial charge in [-0.15, -0.1) is 0 Å². The molecule has 0 unspecified atom stereocenters. The first-order valence-electron chi connectivity index (χ1n) is 5.33. The second-order valence-corrected chi connectivity index (χ2v) is 4.02. The lowest BCUT2D eigenvalue weighted by Gasteiger charge is -2.25. The normalized spacial score (nSPS) is 15.6. The first kappa shape index (κ1) is 10.9. The molecule has 0 spiro atoms. The number of aromatic amines is 1. The van der Waals surface area contributed by atoms with Crippen LogP contribution in [0.25, 0.3) is 0 Å². The lowest BCUT2D eigenvalue weighted by Crippen LogP contribution is -2.24. The van der Waals surface area contributed by atoms with Crippen LogP contribution < -0.4 is 5.32 Å². The van der Waals surface area contributed by atoms with E-state index in [0.29, 0.717) is 5.92 Å². The van der Waals surface area contributed by atoms with Crippen molar-refractivity contribution >= 4 is 5.91 Å². The van der Waals surface area contributed by atoms with Gasteiger partial charge in [-0.2, -0.15) is 5.10 Å². The number of hydrogen-bond acceptors (Lipinski definition) is 2. The van der Waals surface area contributed by atoms with Crippen LogP contribution >= 0.6 is 0 Å². The first-order chi connectivity index (χ1) is 7.68. The molecular formula is C11H14FN3O. The Bertz CT molecular complexity index is 409. The standard InChI is InChI=1S/C11H14FN3O/c1-7(12)11(16)13-6-10-9(5-14-15-10)8-3-2-4-8/h5,8H,1-4,6H2,(H,13,16)(H,14,15). The van der Waals surface area contributed by atoms with Gasteiger partial charge in [-0.25, -0.2) is 4.39 Å². The summed E-state index contributed by atoms with van der Waals surface area (Å²) in [4.78, 5) is 11.0. The Hall–Kier alpha value is -1.65. The zero-order chi connectivity index (χ0) is 11.5. The maximum Gasteiger partial charge on any atom is 0.279 e. The highest BCUT2D eigenvalue weighted by Crippen LogP contribution is 2.37. The van der Waals surface area contributed by atoms with Crippen molar-refractivity contribution < 1.29 is 9.18 Å². The van der Waals surface area contributed by atoms with E-state index in [1.807, 2.05) is 0 Å². The number of nitrogens with one attached hydrogen (secondary N) is 2. The zero-order valence-electron chi connectivity index (χ0n) is 8.92. The van der Waals surface area contributed by atoms with E-state index < -0.39 is 11.7 Å². The quantitative estimate of drug-likeness (QED) is 0.764. The van der Waals surface area contributed by atoms with Crippen LogP contribution in [0.2, 0.25) is 0 Å². The molecule has 1 fully saturated rings. The molecule has 1 aromatic rings. The van der Waals surface area contributed by atoms with Gasteiger partial charge in [0, 0.05) is 0 Å². The summed E-state index contributed by atoms with van der Waals surface area (Å²) < 4.78 is 12.4. The van der Waals surface area contributed by atoms with E-state index >= 15 is 0 Å². The van der Waals surface area contributed by atoms with Crippen LogP contribution in [-0.4, -0.2) is 16.1 Å². The van der Waals surface area contributed by atoms with Gasteiger partial charge in [-0.1, -0.05) is 13.0 Å². The van der Waals surface area contributed by atoms with Gasteiger partial charge in [-0.3, -0.25) is 9.89 Å².